The number of aromatic nitrogens is 2. The molecule has 1 N–H and O–H groups in total. The first kappa shape index (κ1) is 16.0. The Morgan fingerprint density at radius 3 is 2.57 bits per heavy atom. The van der Waals surface area contributed by atoms with Crippen LogP contribution in [0.15, 0.2) is 24.3 Å². The van der Waals surface area contributed by atoms with Gasteiger partial charge in [0.05, 0.1) is 22.1 Å². The molecule has 1 aromatic heterocycles. The molecule has 0 spiro atoms. The molecule has 1 amide bonds. The van der Waals surface area contributed by atoms with E-state index in [1.807, 2.05) is 43.0 Å². The Hall–Kier alpha value is -1.85. The summed E-state index contributed by atoms with van der Waals surface area (Å²) in [7, 11) is 0. The number of amides is 1. The molecule has 5 nitrogen and oxygen atoms in total. The van der Waals surface area contributed by atoms with Gasteiger partial charge in [-0.25, -0.2) is 4.68 Å². The lowest BCUT2D eigenvalue weighted by Crippen LogP contribution is -2.52. The SMILES string of the molecule is Cc1nn(-c2ccc(C(=O)N3CCNC[C@H]3C)cc2)c(C)c1Cl. The van der Waals surface area contributed by atoms with Gasteiger partial charge in [0.25, 0.3) is 5.91 Å². The zero-order chi connectivity index (χ0) is 16.6. The van der Waals surface area contributed by atoms with Gasteiger partial charge in [-0.05, 0) is 45.0 Å². The fourth-order valence-corrected chi connectivity index (χ4v) is 3.05. The fraction of sp³-hybridized carbons (Fsp3) is 0.412. The predicted octanol–water partition coefficient (Wildman–Crippen LogP) is 2.58. The molecule has 1 saturated heterocycles. The van der Waals surface area contributed by atoms with E-state index in [4.69, 9.17) is 11.6 Å². The summed E-state index contributed by atoms with van der Waals surface area (Å²) < 4.78 is 1.80. The molecule has 122 valence electrons. The average Bonchev–Trinajstić information content (AvgIpc) is 2.82. The number of carbonyl (C=O) groups is 1. The maximum absolute atomic E-state index is 12.6. The molecule has 0 bridgehead atoms. The van der Waals surface area contributed by atoms with Gasteiger partial charge in [-0.15, -0.1) is 0 Å². The summed E-state index contributed by atoms with van der Waals surface area (Å²) in [6.07, 6.45) is 0. The Kier molecular flexibility index (Phi) is 4.41. The molecule has 0 radical (unpaired) electrons. The highest BCUT2D eigenvalue weighted by molar-refractivity contribution is 6.31. The third kappa shape index (κ3) is 2.99. The van der Waals surface area contributed by atoms with E-state index in [0.29, 0.717) is 10.6 Å². The second-order valence-corrected chi connectivity index (χ2v) is 6.37. The van der Waals surface area contributed by atoms with Crippen molar-refractivity contribution in [3.8, 4) is 5.69 Å². The van der Waals surface area contributed by atoms with E-state index in [2.05, 4.69) is 17.3 Å². The molecular weight excluding hydrogens is 312 g/mol. The van der Waals surface area contributed by atoms with Crippen molar-refractivity contribution >= 4 is 17.5 Å². The third-order valence-corrected chi connectivity index (χ3v) is 4.87. The summed E-state index contributed by atoms with van der Waals surface area (Å²) in [5.41, 5.74) is 3.32. The number of aryl methyl sites for hydroxylation is 1. The first-order chi connectivity index (χ1) is 11.0. The first-order valence-corrected chi connectivity index (χ1v) is 8.20. The number of benzene rings is 1. The van der Waals surface area contributed by atoms with Crippen LogP contribution < -0.4 is 5.32 Å². The molecule has 1 aliphatic rings. The Morgan fingerprint density at radius 1 is 1.30 bits per heavy atom. The van der Waals surface area contributed by atoms with Crippen molar-refractivity contribution in [1.29, 1.82) is 0 Å². The molecule has 6 heteroatoms. The van der Waals surface area contributed by atoms with Gasteiger partial charge in [0.1, 0.15) is 0 Å². The fourth-order valence-electron chi connectivity index (χ4n) is 2.93. The van der Waals surface area contributed by atoms with Gasteiger partial charge >= 0.3 is 0 Å². The summed E-state index contributed by atoms with van der Waals surface area (Å²) in [6, 6.07) is 7.75. The van der Waals surface area contributed by atoms with Crippen molar-refractivity contribution in [3.05, 3.63) is 46.2 Å². The van der Waals surface area contributed by atoms with E-state index in [0.717, 1.165) is 36.7 Å². The second kappa shape index (κ2) is 6.34. The minimum atomic E-state index is 0.0805. The minimum Gasteiger partial charge on any atom is -0.333 e. The van der Waals surface area contributed by atoms with Crippen molar-refractivity contribution in [2.75, 3.05) is 19.6 Å². The van der Waals surface area contributed by atoms with Crippen LogP contribution >= 0.6 is 11.6 Å². The number of piperazine rings is 1. The van der Waals surface area contributed by atoms with E-state index in [1.54, 1.807) is 4.68 Å². The monoisotopic (exact) mass is 332 g/mol. The molecule has 1 atom stereocenters. The van der Waals surface area contributed by atoms with E-state index in [1.165, 1.54) is 0 Å². The van der Waals surface area contributed by atoms with Crippen LogP contribution in [-0.2, 0) is 0 Å². The van der Waals surface area contributed by atoms with Crippen molar-refractivity contribution in [1.82, 2.24) is 20.0 Å². The van der Waals surface area contributed by atoms with Crippen molar-refractivity contribution < 1.29 is 4.79 Å². The average molecular weight is 333 g/mol. The number of nitrogens with zero attached hydrogens (tertiary/aromatic N) is 3. The molecule has 0 aliphatic carbocycles. The number of hydrogen-bond acceptors (Lipinski definition) is 3. The summed E-state index contributed by atoms with van der Waals surface area (Å²) >= 11 is 6.20. The molecule has 2 aromatic rings. The number of hydrogen-bond donors (Lipinski definition) is 1. The van der Waals surface area contributed by atoms with Crippen LogP contribution in [0, 0.1) is 13.8 Å². The van der Waals surface area contributed by atoms with Gasteiger partial charge in [-0.2, -0.15) is 5.10 Å². The second-order valence-electron chi connectivity index (χ2n) is 6.00. The van der Waals surface area contributed by atoms with Gasteiger partial charge in [-0.1, -0.05) is 11.6 Å². The summed E-state index contributed by atoms with van der Waals surface area (Å²) in [6.45, 7) is 8.32. The molecule has 1 aliphatic heterocycles. The molecule has 3 rings (SSSR count). The Bertz CT molecular complexity index is 723. The molecule has 0 saturated carbocycles. The number of halogens is 1. The van der Waals surface area contributed by atoms with Crippen molar-refractivity contribution in [2.45, 2.75) is 26.8 Å². The molecule has 1 aromatic carbocycles. The molecule has 2 heterocycles. The van der Waals surface area contributed by atoms with Gasteiger partial charge in [0, 0.05) is 31.2 Å². The highest BCUT2D eigenvalue weighted by atomic mass is 35.5. The van der Waals surface area contributed by atoms with Crippen LogP contribution in [0.1, 0.15) is 28.7 Å². The summed E-state index contributed by atoms with van der Waals surface area (Å²) in [4.78, 5) is 14.6. The maximum atomic E-state index is 12.6. The lowest BCUT2D eigenvalue weighted by molar-refractivity contribution is 0.0656. The molecule has 0 unspecified atom stereocenters. The van der Waals surface area contributed by atoms with E-state index < -0.39 is 0 Å². The van der Waals surface area contributed by atoms with Crippen LogP contribution in [0.25, 0.3) is 5.69 Å². The van der Waals surface area contributed by atoms with Gasteiger partial charge in [-0.3, -0.25) is 4.79 Å². The van der Waals surface area contributed by atoms with Crippen LogP contribution in [0.2, 0.25) is 5.02 Å². The van der Waals surface area contributed by atoms with E-state index >= 15 is 0 Å². The molecule has 23 heavy (non-hydrogen) atoms. The smallest absolute Gasteiger partial charge is 0.254 e. The van der Waals surface area contributed by atoms with Gasteiger partial charge < -0.3 is 10.2 Å². The zero-order valence-corrected chi connectivity index (χ0v) is 14.4. The normalized spacial score (nSPS) is 18.3. The number of carbonyl (C=O) groups excluding carboxylic acids is 1. The van der Waals surface area contributed by atoms with Crippen molar-refractivity contribution in [2.24, 2.45) is 0 Å². The van der Waals surface area contributed by atoms with E-state index in [9.17, 15) is 4.79 Å². The van der Waals surface area contributed by atoms with Crippen LogP contribution in [0.3, 0.4) is 0 Å². The highest BCUT2D eigenvalue weighted by Crippen LogP contribution is 2.22. The standard InChI is InChI=1S/C17H21ClN4O/c1-11-10-19-8-9-21(11)17(23)14-4-6-15(7-5-14)22-13(3)16(18)12(2)20-22/h4-7,11,19H,8-10H2,1-3H3/t11-/m1/s1. The van der Waals surface area contributed by atoms with Crippen molar-refractivity contribution in [3.63, 3.8) is 0 Å². The molecule has 1 fully saturated rings. The van der Waals surface area contributed by atoms with Crippen LogP contribution in [-0.4, -0.2) is 46.3 Å². The Labute approximate surface area is 141 Å². The summed E-state index contributed by atoms with van der Waals surface area (Å²) in [5, 5.41) is 8.42. The maximum Gasteiger partial charge on any atom is 0.254 e. The lowest BCUT2D eigenvalue weighted by atomic mass is 10.1. The van der Waals surface area contributed by atoms with Crippen LogP contribution in [0.4, 0.5) is 0 Å². The quantitative estimate of drug-likeness (QED) is 0.919. The minimum absolute atomic E-state index is 0.0805. The lowest BCUT2D eigenvalue weighted by Gasteiger charge is -2.34. The summed E-state index contributed by atoms with van der Waals surface area (Å²) in [5.74, 6) is 0.0805. The van der Waals surface area contributed by atoms with E-state index in [-0.39, 0.29) is 11.9 Å². The largest absolute Gasteiger partial charge is 0.333 e. The van der Waals surface area contributed by atoms with Crippen LogP contribution in [0.5, 0.6) is 0 Å². The number of nitrogens with one attached hydrogen (secondary N) is 1. The first-order valence-electron chi connectivity index (χ1n) is 7.83. The Morgan fingerprint density at radius 2 is 2.00 bits per heavy atom. The topological polar surface area (TPSA) is 50.2 Å². The predicted molar refractivity (Wildman–Crippen MR) is 91.4 cm³/mol. The van der Waals surface area contributed by atoms with Gasteiger partial charge in [0.15, 0.2) is 0 Å². The Balaban J connectivity index is 1.84. The number of rotatable bonds is 2. The zero-order valence-electron chi connectivity index (χ0n) is 13.6. The van der Waals surface area contributed by atoms with Gasteiger partial charge in [0.2, 0.25) is 0 Å². The molecular formula is C17H21ClN4O. The third-order valence-electron chi connectivity index (χ3n) is 4.32. The highest BCUT2D eigenvalue weighted by Gasteiger charge is 2.24.